The molecule has 0 aliphatic rings. The highest BCUT2D eigenvalue weighted by Crippen LogP contribution is 2.27. The molecule has 0 aliphatic carbocycles. The van der Waals surface area contributed by atoms with E-state index in [4.69, 9.17) is 10.2 Å². The van der Waals surface area contributed by atoms with Crippen molar-refractivity contribution in [2.24, 2.45) is 0 Å². The Bertz CT molecular complexity index is 1160. The van der Waals surface area contributed by atoms with Crippen molar-refractivity contribution >= 4 is 16.9 Å². The Morgan fingerprint density at radius 1 is 0.933 bits per heavy atom. The lowest BCUT2D eigenvalue weighted by Gasteiger charge is -2.14. The zero-order valence-electron chi connectivity index (χ0n) is 16.9. The summed E-state index contributed by atoms with van der Waals surface area (Å²) in [5.74, 6) is 0.684. The number of aromatic nitrogens is 4. The van der Waals surface area contributed by atoms with E-state index in [1.807, 2.05) is 57.2 Å². The average molecular weight is 420 g/mol. The summed E-state index contributed by atoms with van der Waals surface area (Å²) < 4.78 is 18.1. The number of benzene rings is 2. The second kappa shape index (κ2) is 8.25. The monoisotopic (exact) mass is 419 g/mol. The van der Waals surface area contributed by atoms with Crippen molar-refractivity contribution in [2.45, 2.75) is 30.9 Å². The smallest absolute Gasteiger partial charge is 0.268 e. The van der Waals surface area contributed by atoms with Gasteiger partial charge in [0.25, 0.3) is 5.89 Å². The molecule has 0 fully saturated rings. The van der Waals surface area contributed by atoms with Gasteiger partial charge in [-0.25, -0.2) is 4.98 Å². The minimum absolute atomic E-state index is 0.0643. The number of hydrogen-bond donors (Lipinski definition) is 1. The molecule has 0 radical (unpaired) electrons. The van der Waals surface area contributed by atoms with Crippen molar-refractivity contribution in [1.82, 2.24) is 20.2 Å². The molecule has 0 saturated heterocycles. The van der Waals surface area contributed by atoms with E-state index in [2.05, 4.69) is 20.2 Å². The fourth-order valence-corrected chi connectivity index (χ4v) is 3.83. The number of hydrogen-bond acceptors (Lipinski definition) is 7. The highest BCUT2D eigenvalue weighted by molar-refractivity contribution is 7.92. The third kappa shape index (κ3) is 4.05. The highest BCUT2D eigenvalue weighted by atomic mass is 32.2. The maximum atomic E-state index is 12.3. The van der Waals surface area contributed by atoms with Gasteiger partial charge in [0.1, 0.15) is 10.9 Å². The number of aryl methyl sites for hydroxylation is 1. The van der Waals surface area contributed by atoms with E-state index in [1.165, 1.54) is 0 Å². The molecule has 4 rings (SSSR count). The van der Waals surface area contributed by atoms with Crippen LogP contribution in [0.25, 0.3) is 34.3 Å². The Morgan fingerprint density at radius 2 is 1.57 bits per heavy atom. The topological polar surface area (TPSA) is 114 Å². The van der Waals surface area contributed by atoms with Gasteiger partial charge in [0.2, 0.25) is 5.89 Å². The summed E-state index contributed by atoms with van der Waals surface area (Å²) in [7, 11) is 0. The predicted molar refractivity (Wildman–Crippen MR) is 117 cm³/mol. The molecule has 0 bridgehead atoms. The molecule has 152 valence electrons. The maximum Gasteiger partial charge on any atom is 0.268 e. The molecule has 0 amide bonds. The van der Waals surface area contributed by atoms with Gasteiger partial charge in [0.05, 0.1) is 17.6 Å². The van der Waals surface area contributed by atoms with E-state index < -0.39 is 11.2 Å². The number of rotatable bonds is 5. The van der Waals surface area contributed by atoms with Crippen LogP contribution in [0, 0.1) is 6.92 Å². The molecule has 1 atom stereocenters. The van der Waals surface area contributed by atoms with Crippen molar-refractivity contribution in [3.63, 3.8) is 0 Å². The first-order chi connectivity index (χ1) is 14.4. The van der Waals surface area contributed by atoms with E-state index in [1.54, 1.807) is 18.3 Å². The second-order valence-electron chi connectivity index (χ2n) is 7.09. The van der Waals surface area contributed by atoms with Crippen molar-refractivity contribution in [1.29, 1.82) is 0 Å². The molecule has 4 aromatic rings. The predicted octanol–water partition coefficient (Wildman–Crippen LogP) is 4.27. The summed E-state index contributed by atoms with van der Waals surface area (Å²) in [6.45, 7) is 5.71. The van der Waals surface area contributed by atoms with Crippen LogP contribution in [0.3, 0.4) is 0 Å². The first-order valence-corrected chi connectivity index (χ1v) is 10.7. The standard InChI is InChI=1S/C22H21N5O2S/c1-13(2)30(28)18-10-6-15(7-11-18)19-12-24-14(3)20(25-19)22-27-26-21(29-22)16-4-8-17(23)9-5-16/h4-13H,23H2,1-3H3. The van der Waals surface area contributed by atoms with Crippen molar-refractivity contribution in [2.75, 3.05) is 5.73 Å². The Kier molecular flexibility index (Phi) is 5.52. The van der Waals surface area contributed by atoms with Gasteiger partial charge < -0.3 is 14.7 Å². The SMILES string of the molecule is Cc1ncc(-c2ccc([S+]([O-])C(C)C)cc2)nc1-c1nnc(-c2ccc(N)cc2)o1. The summed E-state index contributed by atoms with van der Waals surface area (Å²) in [4.78, 5) is 9.92. The van der Waals surface area contributed by atoms with Gasteiger partial charge in [-0.2, -0.15) is 0 Å². The van der Waals surface area contributed by atoms with Crippen LogP contribution >= 0.6 is 0 Å². The Morgan fingerprint density at radius 3 is 2.23 bits per heavy atom. The van der Waals surface area contributed by atoms with Gasteiger partial charge in [0, 0.05) is 16.8 Å². The van der Waals surface area contributed by atoms with Crippen LogP contribution in [0.4, 0.5) is 5.69 Å². The first-order valence-electron chi connectivity index (χ1n) is 9.47. The number of anilines is 1. The van der Waals surface area contributed by atoms with Crippen molar-refractivity contribution in [3.05, 3.63) is 60.4 Å². The third-order valence-electron chi connectivity index (χ3n) is 4.55. The van der Waals surface area contributed by atoms with Crippen LogP contribution in [0.15, 0.2) is 64.0 Å². The lowest BCUT2D eigenvalue weighted by Crippen LogP contribution is -2.13. The van der Waals surface area contributed by atoms with Crippen molar-refractivity contribution in [3.8, 4) is 34.3 Å². The quantitative estimate of drug-likeness (QED) is 0.379. The highest BCUT2D eigenvalue weighted by Gasteiger charge is 2.18. The molecule has 0 aliphatic heterocycles. The molecule has 8 heteroatoms. The van der Waals surface area contributed by atoms with Crippen LogP contribution in [0.5, 0.6) is 0 Å². The third-order valence-corrected chi connectivity index (χ3v) is 6.14. The van der Waals surface area contributed by atoms with Gasteiger partial charge in [-0.15, -0.1) is 10.2 Å². The summed E-state index contributed by atoms with van der Waals surface area (Å²) >= 11 is -1.03. The molecule has 1 unspecified atom stereocenters. The molecule has 2 aromatic heterocycles. The fourth-order valence-electron chi connectivity index (χ4n) is 2.88. The van der Waals surface area contributed by atoms with Gasteiger partial charge in [-0.3, -0.25) is 4.98 Å². The largest absolute Gasteiger partial charge is 0.611 e. The van der Waals surface area contributed by atoms with E-state index in [-0.39, 0.29) is 5.25 Å². The lowest BCUT2D eigenvalue weighted by molar-refractivity contribution is 0.581. The summed E-state index contributed by atoms with van der Waals surface area (Å²) in [6, 6.07) is 14.7. The van der Waals surface area contributed by atoms with Crippen LogP contribution in [-0.4, -0.2) is 30.0 Å². The fraction of sp³-hybridized carbons (Fsp3) is 0.182. The zero-order valence-corrected chi connectivity index (χ0v) is 17.7. The molecule has 2 heterocycles. The van der Waals surface area contributed by atoms with Gasteiger partial charge >= 0.3 is 0 Å². The molecule has 0 saturated carbocycles. The van der Waals surface area contributed by atoms with E-state index >= 15 is 0 Å². The molecule has 2 aromatic carbocycles. The van der Waals surface area contributed by atoms with Gasteiger partial charge in [-0.1, -0.05) is 0 Å². The molecule has 7 nitrogen and oxygen atoms in total. The van der Waals surface area contributed by atoms with Gasteiger partial charge in [0.15, 0.2) is 4.90 Å². The van der Waals surface area contributed by atoms with Crippen LogP contribution in [0.2, 0.25) is 0 Å². The molecule has 30 heavy (non-hydrogen) atoms. The van der Waals surface area contributed by atoms with Crippen LogP contribution in [0.1, 0.15) is 19.5 Å². The number of nitrogen functional groups attached to an aromatic ring is 1. The minimum atomic E-state index is -1.03. The summed E-state index contributed by atoms with van der Waals surface area (Å²) in [5.41, 5.74) is 9.92. The van der Waals surface area contributed by atoms with E-state index in [0.717, 1.165) is 16.0 Å². The van der Waals surface area contributed by atoms with Crippen LogP contribution < -0.4 is 5.73 Å². The number of nitrogens with zero attached hydrogens (tertiary/aromatic N) is 4. The van der Waals surface area contributed by atoms with Gasteiger partial charge in [-0.05, 0) is 80.5 Å². The first kappa shape index (κ1) is 20.1. The number of nitrogens with two attached hydrogens (primary N) is 1. The Balaban J connectivity index is 1.65. The minimum Gasteiger partial charge on any atom is -0.611 e. The second-order valence-corrected chi connectivity index (χ2v) is 9.10. The lowest BCUT2D eigenvalue weighted by atomic mass is 10.1. The van der Waals surface area contributed by atoms with E-state index in [0.29, 0.717) is 34.6 Å². The zero-order chi connectivity index (χ0) is 21.3. The molecular weight excluding hydrogens is 398 g/mol. The summed E-state index contributed by atoms with van der Waals surface area (Å²) in [6.07, 6.45) is 1.70. The average Bonchev–Trinajstić information content (AvgIpc) is 3.24. The van der Waals surface area contributed by atoms with Crippen LogP contribution in [-0.2, 0) is 11.2 Å². The summed E-state index contributed by atoms with van der Waals surface area (Å²) in [5, 5.41) is 8.34. The Labute approximate surface area is 177 Å². The van der Waals surface area contributed by atoms with Crippen molar-refractivity contribution < 1.29 is 8.97 Å². The normalized spacial score (nSPS) is 12.3. The molecule has 0 spiro atoms. The molecular formula is C22H21N5O2S. The molecule has 2 N–H and O–H groups in total. The maximum absolute atomic E-state index is 12.3. The Hall–Kier alpha value is -3.23. The van der Waals surface area contributed by atoms with E-state index in [9.17, 15) is 4.55 Å².